The van der Waals surface area contributed by atoms with Crippen LogP contribution >= 0.6 is 0 Å². The molecular weight excluding hydrogens is 214 g/mol. The van der Waals surface area contributed by atoms with Crippen LogP contribution < -0.4 is 0 Å². The Morgan fingerprint density at radius 2 is 1.88 bits per heavy atom. The van der Waals surface area contributed by atoms with Crippen molar-refractivity contribution < 1.29 is 9.90 Å². The lowest BCUT2D eigenvalue weighted by molar-refractivity contribution is -0.155. The van der Waals surface area contributed by atoms with Crippen molar-refractivity contribution in [2.45, 2.75) is 70.4 Å². The van der Waals surface area contributed by atoms with Crippen molar-refractivity contribution in [2.75, 3.05) is 6.54 Å². The number of carbonyl (C=O) groups is 1. The summed E-state index contributed by atoms with van der Waals surface area (Å²) in [4.78, 5) is 14.1. The van der Waals surface area contributed by atoms with Crippen molar-refractivity contribution in [3.05, 3.63) is 0 Å². The summed E-state index contributed by atoms with van der Waals surface area (Å²) in [5.41, 5.74) is -0.538. The van der Waals surface area contributed by atoms with Gasteiger partial charge < -0.3 is 5.11 Å². The largest absolute Gasteiger partial charge is 0.480 e. The van der Waals surface area contributed by atoms with Gasteiger partial charge in [-0.1, -0.05) is 33.1 Å². The fourth-order valence-corrected chi connectivity index (χ4v) is 3.21. The third-order valence-corrected chi connectivity index (χ3v) is 4.18. The molecule has 0 atom stereocenters. The van der Waals surface area contributed by atoms with Crippen LogP contribution in [0.25, 0.3) is 0 Å². The maximum Gasteiger partial charge on any atom is 0.324 e. The van der Waals surface area contributed by atoms with Crippen molar-refractivity contribution in [1.82, 2.24) is 4.90 Å². The molecule has 1 N–H and O–H groups in total. The summed E-state index contributed by atoms with van der Waals surface area (Å²) in [6.45, 7) is 5.32. The maximum absolute atomic E-state index is 11.8. The molecule has 3 heteroatoms. The van der Waals surface area contributed by atoms with Gasteiger partial charge >= 0.3 is 5.97 Å². The molecule has 2 fully saturated rings. The van der Waals surface area contributed by atoms with E-state index in [1.165, 1.54) is 19.3 Å². The van der Waals surface area contributed by atoms with Crippen LogP contribution in [0.2, 0.25) is 0 Å². The first-order valence-electron chi connectivity index (χ1n) is 7.06. The van der Waals surface area contributed by atoms with Gasteiger partial charge in [0.1, 0.15) is 5.54 Å². The molecule has 0 saturated heterocycles. The zero-order chi connectivity index (χ0) is 12.5. The van der Waals surface area contributed by atoms with Crippen LogP contribution in [0.1, 0.15) is 58.8 Å². The first-order chi connectivity index (χ1) is 8.06. The standard InChI is InChI=1S/C14H25NO2/c1-11(2)10-15(12-6-7-12)14(13(16)17)8-4-3-5-9-14/h11-12H,3-10H2,1-2H3,(H,16,17). The van der Waals surface area contributed by atoms with Gasteiger partial charge in [0.05, 0.1) is 0 Å². The first kappa shape index (κ1) is 12.9. The Hall–Kier alpha value is -0.570. The summed E-state index contributed by atoms with van der Waals surface area (Å²) in [6.07, 6.45) is 7.46. The Morgan fingerprint density at radius 3 is 2.29 bits per heavy atom. The van der Waals surface area contributed by atoms with Gasteiger partial charge in [-0.3, -0.25) is 9.69 Å². The smallest absolute Gasteiger partial charge is 0.324 e. The maximum atomic E-state index is 11.8. The number of hydrogen-bond donors (Lipinski definition) is 1. The van der Waals surface area contributed by atoms with E-state index in [1.807, 2.05) is 0 Å². The monoisotopic (exact) mass is 239 g/mol. The fraction of sp³-hybridized carbons (Fsp3) is 0.929. The molecule has 0 spiro atoms. The Bertz CT molecular complexity index is 278. The minimum absolute atomic E-state index is 0.538. The van der Waals surface area contributed by atoms with Crippen LogP contribution in [-0.4, -0.2) is 34.1 Å². The molecule has 17 heavy (non-hydrogen) atoms. The Kier molecular flexibility index (Phi) is 3.76. The molecule has 0 unspecified atom stereocenters. The zero-order valence-corrected chi connectivity index (χ0v) is 11.1. The van der Waals surface area contributed by atoms with Crippen molar-refractivity contribution in [3.8, 4) is 0 Å². The van der Waals surface area contributed by atoms with Crippen LogP contribution in [0.4, 0.5) is 0 Å². The quantitative estimate of drug-likeness (QED) is 0.802. The summed E-state index contributed by atoms with van der Waals surface area (Å²) in [6, 6.07) is 0.548. The van der Waals surface area contributed by atoms with Gasteiger partial charge in [-0.2, -0.15) is 0 Å². The molecule has 0 aromatic rings. The van der Waals surface area contributed by atoms with E-state index in [9.17, 15) is 9.90 Å². The molecule has 0 amide bonds. The lowest BCUT2D eigenvalue weighted by atomic mass is 9.79. The predicted molar refractivity (Wildman–Crippen MR) is 68.0 cm³/mol. The molecule has 2 saturated carbocycles. The summed E-state index contributed by atoms with van der Waals surface area (Å²) in [5, 5.41) is 9.71. The summed E-state index contributed by atoms with van der Waals surface area (Å²) >= 11 is 0. The second-order valence-electron chi connectivity index (χ2n) is 6.17. The number of carboxylic acids is 1. The highest BCUT2D eigenvalue weighted by Crippen LogP contribution is 2.41. The summed E-state index contributed by atoms with van der Waals surface area (Å²) in [7, 11) is 0. The van der Waals surface area contributed by atoms with Gasteiger partial charge in [-0.15, -0.1) is 0 Å². The number of carboxylic acid groups (broad SMARTS) is 1. The molecule has 2 aliphatic rings. The lowest BCUT2D eigenvalue weighted by Crippen LogP contribution is -2.57. The van der Waals surface area contributed by atoms with Gasteiger partial charge in [0.25, 0.3) is 0 Å². The van der Waals surface area contributed by atoms with Gasteiger partial charge in [0, 0.05) is 12.6 Å². The topological polar surface area (TPSA) is 40.5 Å². The van der Waals surface area contributed by atoms with Crippen molar-refractivity contribution in [1.29, 1.82) is 0 Å². The molecule has 0 bridgehead atoms. The number of hydrogen-bond acceptors (Lipinski definition) is 2. The molecule has 0 aliphatic heterocycles. The fourth-order valence-electron chi connectivity index (χ4n) is 3.21. The predicted octanol–water partition coefficient (Wildman–Crippen LogP) is 2.89. The van der Waals surface area contributed by atoms with Crippen LogP contribution in [0.15, 0.2) is 0 Å². The Morgan fingerprint density at radius 1 is 1.29 bits per heavy atom. The third-order valence-electron chi connectivity index (χ3n) is 4.18. The molecule has 2 rings (SSSR count). The molecule has 0 aromatic carbocycles. The van der Waals surface area contributed by atoms with E-state index >= 15 is 0 Å². The van der Waals surface area contributed by atoms with Crippen LogP contribution in [0.3, 0.4) is 0 Å². The van der Waals surface area contributed by atoms with Gasteiger partial charge in [0.15, 0.2) is 0 Å². The van der Waals surface area contributed by atoms with E-state index < -0.39 is 11.5 Å². The highest BCUT2D eigenvalue weighted by molar-refractivity contribution is 5.79. The highest BCUT2D eigenvalue weighted by atomic mass is 16.4. The molecule has 3 nitrogen and oxygen atoms in total. The van der Waals surface area contributed by atoms with E-state index in [0.29, 0.717) is 12.0 Å². The SMILES string of the molecule is CC(C)CN(C1CC1)C1(C(=O)O)CCCCC1. The normalized spacial score (nSPS) is 24.2. The highest BCUT2D eigenvalue weighted by Gasteiger charge is 2.49. The van der Waals surface area contributed by atoms with E-state index in [1.54, 1.807) is 0 Å². The number of nitrogens with zero attached hydrogens (tertiary/aromatic N) is 1. The van der Waals surface area contributed by atoms with E-state index in [4.69, 9.17) is 0 Å². The molecular formula is C14H25NO2. The Labute approximate surface area is 104 Å². The summed E-state index contributed by atoms with van der Waals surface area (Å²) < 4.78 is 0. The minimum atomic E-state index is -0.579. The average Bonchev–Trinajstić information content (AvgIpc) is 3.10. The van der Waals surface area contributed by atoms with Crippen molar-refractivity contribution in [3.63, 3.8) is 0 Å². The molecule has 98 valence electrons. The second kappa shape index (κ2) is 4.97. The average molecular weight is 239 g/mol. The van der Waals surface area contributed by atoms with Gasteiger partial charge in [0.2, 0.25) is 0 Å². The molecule has 0 aromatic heterocycles. The van der Waals surface area contributed by atoms with Gasteiger partial charge in [-0.05, 0) is 31.6 Å². The lowest BCUT2D eigenvalue weighted by Gasteiger charge is -2.44. The zero-order valence-electron chi connectivity index (χ0n) is 11.1. The molecule has 2 aliphatic carbocycles. The van der Waals surface area contributed by atoms with Crippen LogP contribution in [0, 0.1) is 5.92 Å². The van der Waals surface area contributed by atoms with Crippen LogP contribution in [-0.2, 0) is 4.79 Å². The minimum Gasteiger partial charge on any atom is -0.480 e. The molecule has 0 radical (unpaired) electrons. The Balaban J connectivity index is 2.18. The van der Waals surface area contributed by atoms with Crippen molar-refractivity contribution >= 4 is 5.97 Å². The van der Waals surface area contributed by atoms with E-state index in [0.717, 1.165) is 32.2 Å². The third kappa shape index (κ3) is 2.65. The molecule has 0 heterocycles. The van der Waals surface area contributed by atoms with E-state index in [2.05, 4.69) is 18.7 Å². The van der Waals surface area contributed by atoms with Gasteiger partial charge in [-0.25, -0.2) is 0 Å². The second-order valence-corrected chi connectivity index (χ2v) is 6.17. The van der Waals surface area contributed by atoms with Crippen molar-refractivity contribution in [2.24, 2.45) is 5.92 Å². The van der Waals surface area contributed by atoms with E-state index in [-0.39, 0.29) is 0 Å². The number of aliphatic carboxylic acids is 1. The van der Waals surface area contributed by atoms with Crippen LogP contribution in [0.5, 0.6) is 0 Å². The first-order valence-corrected chi connectivity index (χ1v) is 7.06. The number of rotatable bonds is 5. The summed E-state index contributed by atoms with van der Waals surface area (Å²) in [5.74, 6) is -0.0292.